The summed E-state index contributed by atoms with van der Waals surface area (Å²) >= 11 is 6.45. The monoisotopic (exact) mass is 347 g/mol. The third-order valence-electron chi connectivity index (χ3n) is 4.06. The second-order valence-electron chi connectivity index (χ2n) is 5.54. The summed E-state index contributed by atoms with van der Waals surface area (Å²) in [6.45, 7) is 0.563. The predicted octanol–water partition coefficient (Wildman–Crippen LogP) is 1.17. The SMILES string of the molecule is CN1C(=O)C(O)N2Cc3c(ccc(OCn4ccnc4)c3Cl)N=C12. The Hall–Kier alpha value is -2.58. The number of guanidine groups is 1. The summed E-state index contributed by atoms with van der Waals surface area (Å²) in [6, 6.07) is 3.53. The number of rotatable bonds is 3. The Labute approximate surface area is 142 Å². The van der Waals surface area contributed by atoms with E-state index in [1.807, 2.05) is 0 Å². The largest absolute Gasteiger partial charge is 0.471 e. The lowest BCUT2D eigenvalue weighted by molar-refractivity contribution is -0.136. The second kappa shape index (κ2) is 5.50. The van der Waals surface area contributed by atoms with Gasteiger partial charge in [0.1, 0.15) is 5.75 Å². The van der Waals surface area contributed by atoms with Crippen molar-refractivity contribution in [3.63, 3.8) is 0 Å². The molecule has 1 aromatic carbocycles. The Morgan fingerprint density at radius 2 is 2.29 bits per heavy atom. The van der Waals surface area contributed by atoms with Gasteiger partial charge in [-0.15, -0.1) is 0 Å². The lowest BCUT2D eigenvalue weighted by atomic mass is 10.1. The maximum absolute atomic E-state index is 11.9. The number of amides is 1. The molecule has 1 fully saturated rings. The van der Waals surface area contributed by atoms with Crippen LogP contribution in [0.3, 0.4) is 0 Å². The predicted molar refractivity (Wildman–Crippen MR) is 85.7 cm³/mol. The molecule has 1 N–H and O–H groups in total. The molecule has 1 amide bonds. The van der Waals surface area contributed by atoms with E-state index in [-0.39, 0.29) is 13.3 Å². The second-order valence-corrected chi connectivity index (χ2v) is 5.91. The van der Waals surface area contributed by atoms with Gasteiger partial charge in [-0.1, -0.05) is 11.6 Å². The zero-order valence-electron chi connectivity index (χ0n) is 12.8. The third-order valence-corrected chi connectivity index (χ3v) is 4.48. The molecule has 1 saturated heterocycles. The van der Waals surface area contributed by atoms with Gasteiger partial charge in [0, 0.05) is 25.0 Å². The highest BCUT2D eigenvalue weighted by atomic mass is 35.5. The van der Waals surface area contributed by atoms with E-state index in [9.17, 15) is 9.90 Å². The van der Waals surface area contributed by atoms with E-state index in [1.165, 1.54) is 9.80 Å². The molecular formula is C15H14ClN5O3. The summed E-state index contributed by atoms with van der Waals surface area (Å²) in [5.74, 6) is 0.522. The van der Waals surface area contributed by atoms with Crippen LogP contribution in [0, 0.1) is 0 Å². The molecule has 8 nitrogen and oxygen atoms in total. The minimum atomic E-state index is -1.24. The summed E-state index contributed by atoms with van der Waals surface area (Å²) < 4.78 is 7.48. The van der Waals surface area contributed by atoms with Crippen LogP contribution in [0.5, 0.6) is 5.75 Å². The molecule has 0 bridgehead atoms. The van der Waals surface area contributed by atoms with Crippen LogP contribution in [0.25, 0.3) is 0 Å². The zero-order chi connectivity index (χ0) is 16.8. The normalized spacial score (nSPS) is 19.2. The Balaban J connectivity index is 1.64. The van der Waals surface area contributed by atoms with Gasteiger partial charge < -0.3 is 19.3 Å². The van der Waals surface area contributed by atoms with E-state index in [4.69, 9.17) is 16.3 Å². The van der Waals surface area contributed by atoms with Crippen LogP contribution < -0.4 is 4.74 Å². The van der Waals surface area contributed by atoms with Crippen molar-refractivity contribution >= 4 is 29.2 Å². The average Bonchev–Trinajstić information content (AvgIpc) is 3.18. The van der Waals surface area contributed by atoms with Gasteiger partial charge >= 0.3 is 0 Å². The van der Waals surface area contributed by atoms with Crippen LogP contribution in [-0.2, 0) is 18.1 Å². The fourth-order valence-electron chi connectivity index (χ4n) is 2.74. The number of carbonyl (C=O) groups excluding carboxylic acids is 1. The van der Waals surface area contributed by atoms with Gasteiger partial charge in [0.15, 0.2) is 6.73 Å². The summed E-state index contributed by atoms with van der Waals surface area (Å²) in [6.07, 6.45) is 3.85. The number of nitrogens with zero attached hydrogens (tertiary/aromatic N) is 5. The van der Waals surface area contributed by atoms with Gasteiger partial charge in [-0.2, -0.15) is 0 Å². The minimum absolute atomic E-state index is 0.278. The molecule has 1 atom stereocenters. The Kier molecular flexibility index (Phi) is 3.43. The van der Waals surface area contributed by atoms with Gasteiger partial charge in [-0.25, -0.2) is 9.98 Å². The maximum atomic E-state index is 11.9. The summed E-state index contributed by atoms with van der Waals surface area (Å²) in [4.78, 5) is 23.1. The van der Waals surface area contributed by atoms with Gasteiger partial charge in [-0.3, -0.25) is 9.69 Å². The van der Waals surface area contributed by atoms with Crippen LogP contribution in [0.15, 0.2) is 35.8 Å². The molecule has 0 spiro atoms. The zero-order valence-corrected chi connectivity index (χ0v) is 13.5. The number of aliphatic imine (C=N–C) groups is 1. The number of ether oxygens (including phenoxy) is 1. The van der Waals surface area contributed by atoms with Crippen molar-refractivity contribution in [2.24, 2.45) is 4.99 Å². The summed E-state index contributed by atoms with van der Waals surface area (Å²) in [5.41, 5.74) is 1.38. The fraction of sp³-hybridized carbons (Fsp3) is 0.267. The first-order valence-corrected chi connectivity index (χ1v) is 7.65. The van der Waals surface area contributed by atoms with Crippen molar-refractivity contribution in [3.05, 3.63) is 41.4 Å². The molecule has 0 radical (unpaired) electrons. The number of hydrogen-bond donors (Lipinski definition) is 1. The number of likely N-dealkylation sites (N-methyl/N-ethyl adjacent to an activating group) is 1. The number of aliphatic hydroxyl groups excluding tert-OH is 1. The molecule has 2 aliphatic rings. The summed E-state index contributed by atoms with van der Waals surface area (Å²) in [7, 11) is 1.58. The van der Waals surface area contributed by atoms with Crippen LogP contribution in [0.4, 0.5) is 5.69 Å². The molecule has 4 rings (SSSR count). The quantitative estimate of drug-likeness (QED) is 0.901. The van der Waals surface area contributed by atoms with Crippen LogP contribution in [0.1, 0.15) is 5.56 Å². The van der Waals surface area contributed by atoms with Crippen molar-refractivity contribution in [2.45, 2.75) is 19.5 Å². The van der Waals surface area contributed by atoms with Crippen molar-refractivity contribution in [1.82, 2.24) is 19.4 Å². The molecule has 1 unspecified atom stereocenters. The van der Waals surface area contributed by atoms with Crippen LogP contribution >= 0.6 is 11.6 Å². The Bertz CT molecular complexity index is 836. The van der Waals surface area contributed by atoms with Crippen LogP contribution in [-0.4, -0.2) is 49.6 Å². The number of carbonyl (C=O) groups is 1. The molecule has 2 aliphatic heterocycles. The first-order valence-electron chi connectivity index (χ1n) is 7.27. The minimum Gasteiger partial charge on any atom is -0.471 e. The smallest absolute Gasteiger partial charge is 0.279 e. The Morgan fingerprint density at radius 3 is 3.04 bits per heavy atom. The van der Waals surface area contributed by atoms with Crippen molar-refractivity contribution in [1.29, 1.82) is 0 Å². The highest BCUT2D eigenvalue weighted by Crippen LogP contribution is 2.40. The standard InChI is InChI=1S/C15H14ClN5O3/c1-19-13(22)14(23)21-6-9-10(18-15(19)21)2-3-11(12(9)16)24-8-20-5-4-17-7-20/h2-5,7,14,23H,6,8H2,1H3. The maximum Gasteiger partial charge on any atom is 0.279 e. The summed E-state index contributed by atoms with van der Waals surface area (Å²) in [5, 5.41) is 10.5. The molecule has 3 heterocycles. The fourth-order valence-corrected chi connectivity index (χ4v) is 3.02. The number of imidazole rings is 1. The van der Waals surface area contributed by atoms with Gasteiger partial charge in [0.05, 0.1) is 23.6 Å². The van der Waals surface area contributed by atoms with Crippen molar-refractivity contribution < 1.29 is 14.6 Å². The van der Waals surface area contributed by atoms with E-state index in [1.54, 1.807) is 42.5 Å². The lowest BCUT2D eigenvalue weighted by Gasteiger charge is -2.27. The molecular weight excluding hydrogens is 334 g/mol. The molecule has 0 aliphatic carbocycles. The van der Waals surface area contributed by atoms with Gasteiger partial charge in [-0.05, 0) is 12.1 Å². The van der Waals surface area contributed by atoms with E-state index in [0.29, 0.717) is 28.0 Å². The molecule has 0 saturated carbocycles. The first kappa shape index (κ1) is 15.0. The highest BCUT2D eigenvalue weighted by Gasteiger charge is 2.42. The lowest BCUT2D eigenvalue weighted by Crippen LogP contribution is -2.37. The van der Waals surface area contributed by atoms with Crippen molar-refractivity contribution in [3.8, 4) is 5.75 Å². The van der Waals surface area contributed by atoms with Crippen LogP contribution in [0.2, 0.25) is 5.02 Å². The van der Waals surface area contributed by atoms with E-state index in [0.717, 1.165) is 0 Å². The number of benzene rings is 1. The van der Waals surface area contributed by atoms with Gasteiger partial charge in [0.2, 0.25) is 12.2 Å². The molecule has 24 heavy (non-hydrogen) atoms. The van der Waals surface area contributed by atoms with E-state index in [2.05, 4.69) is 9.98 Å². The number of aromatic nitrogens is 2. The number of fused-ring (bicyclic) bond motifs is 2. The van der Waals surface area contributed by atoms with E-state index < -0.39 is 12.1 Å². The van der Waals surface area contributed by atoms with Gasteiger partial charge in [0.25, 0.3) is 5.91 Å². The highest BCUT2D eigenvalue weighted by molar-refractivity contribution is 6.33. The first-order chi connectivity index (χ1) is 11.6. The molecule has 1 aromatic heterocycles. The number of hydrogen-bond acceptors (Lipinski definition) is 6. The molecule has 2 aromatic rings. The van der Waals surface area contributed by atoms with Crippen molar-refractivity contribution in [2.75, 3.05) is 7.05 Å². The average molecular weight is 348 g/mol. The molecule has 9 heteroatoms. The number of aliphatic hydroxyl groups is 1. The molecule has 124 valence electrons. The van der Waals surface area contributed by atoms with E-state index >= 15 is 0 Å². The number of halogens is 1. The Morgan fingerprint density at radius 1 is 1.46 bits per heavy atom. The third kappa shape index (κ3) is 2.22. The topological polar surface area (TPSA) is 83.2 Å².